The van der Waals surface area contributed by atoms with Gasteiger partial charge in [0.15, 0.2) is 0 Å². The maximum absolute atomic E-state index is 13.7. The van der Waals surface area contributed by atoms with Crippen LogP contribution in [0.2, 0.25) is 0 Å². The highest BCUT2D eigenvalue weighted by Gasteiger charge is 2.47. The molecule has 1 aliphatic heterocycles. The Morgan fingerprint density at radius 3 is 2.81 bits per heavy atom. The van der Waals surface area contributed by atoms with Crippen molar-refractivity contribution in [1.29, 1.82) is 0 Å². The molecule has 3 aromatic rings. The zero-order valence-electron chi connectivity index (χ0n) is 17.8. The fourth-order valence-corrected chi connectivity index (χ4v) is 4.45. The van der Waals surface area contributed by atoms with Gasteiger partial charge in [0.05, 0.1) is 5.69 Å². The van der Waals surface area contributed by atoms with Gasteiger partial charge in [-0.15, -0.1) is 0 Å². The summed E-state index contributed by atoms with van der Waals surface area (Å²) in [6.07, 6.45) is 5.71. The molecule has 0 bridgehead atoms. The molecule has 5 rings (SSSR count). The maximum Gasteiger partial charge on any atom is 0.273 e. The monoisotopic (exact) mass is 414 g/mol. The van der Waals surface area contributed by atoms with Gasteiger partial charge in [-0.2, -0.15) is 10.2 Å². The minimum Gasteiger partial charge on any atom is -0.368 e. The van der Waals surface area contributed by atoms with Gasteiger partial charge in [0, 0.05) is 42.8 Å². The van der Waals surface area contributed by atoms with Crippen LogP contribution in [0.4, 0.5) is 5.82 Å². The van der Waals surface area contributed by atoms with Crippen LogP contribution in [0.15, 0.2) is 48.8 Å². The fraction of sp³-hybridized carbons (Fsp3) is 0.375. The zero-order chi connectivity index (χ0) is 21.4. The number of nitrogens with zero attached hydrogens (tertiary/aromatic N) is 5. The van der Waals surface area contributed by atoms with Crippen LogP contribution in [0.1, 0.15) is 34.6 Å². The average Bonchev–Trinajstić information content (AvgIpc) is 3.56. The van der Waals surface area contributed by atoms with Crippen LogP contribution in [0.25, 0.3) is 11.3 Å². The molecule has 31 heavy (non-hydrogen) atoms. The summed E-state index contributed by atoms with van der Waals surface area (Å²) in [7, 11) is 0. The lowest BCUT2D eigenvalue weighted by molar-refractivity contribution is 0.0610. The minimum absolute atomic E-state index is 0.0293. The van der Waals surface area contributed by atoms with Gasteiger partial charge in [-0.3, -0.25) is 4.79 Å². The standard InChI is InChI=1S/C24H26N6O/c1-15-5-8-22(25-12-15)26-13-19-11-17-10-18(17)14-30(19)24(31)23-20(7-6-16(2)28-23)21-4-3-9-27-29-21/h3-9,12,17-19H,10-11,13-14H2,1-2H3,(H,25,26). The molecule has 1 saturated heterocycles. The molecular weight excluding hydrogens is 388 g/mol. The number of hydrogen-bond donors (Lipinski definition) is 1. The van der Waals surface area contributed by atoms with Crippen LogP contribution < -0.4 is 5.32 Å². The fourth-order valence-electron chi connectivity index (χ4n) is 4.45. The number of carbonyl (C=O) groups excluding carboxylic acids is 1. The lowest BCUT2D eigenvalue weighted by atomic mass is 10.00. The van der Waals surface area contributed by atoms with Crippen molar-refractivity contribution in [2.24, 2.45) is 11.8 Å². The molecular formula is C24H26N6O. The SMILES string of the molecule is Cc1ccc(NCC2CC3CC3CN2C(=O)c2nc(C)ccc2-c2cccnn2)nc1. The molecule has 158 valence electrons. The average molecular weight is 415 g/mol. The Kier molecular flexibility index (Phi) is 5.10. The van der Waals surface area contributed by atoms with Gasteiger partial charge in [-0.1, -0.05) is 6.07 Å². The molecule has 0 radical (unpaired) electrons. The van der Waals surface area contributed by atoms with E-state index in [1.165, 1.54) is 6.42 Å². The predicted molar refractivity (Wildman–Crippen MR) is 119 cm³/mol. The number of aromatic nitrogens is 4. The number of anilines is 1. The van der Waals surface area contributed by atoms with Crippen LogP contribution in [0, 0.1) is 25.7 Å². The van der Waals surface area contributed by atoms with Gasteiger partial charge in [-0.05, 0) is 74.4 Å². The first kappa shape index (κ1) is 19.6. The summed E-state index contributed by atoms with van der Waals surface area (Å²) < 4.78 is 0. The second-order valence-electron chi connectivity index (χ2n) is 8.66. The number of carbonyl (C=O) groups is 1. The summed E-state index contributed by atoms with van der Waals surface area (Å²) in [6.45, 7) is 5.39. The van der Waals surface area contributed by atoms with E-state index in [0.717, 1.165) is 41.5 Å². The van der Waals surface area contributed by atoms with Crippen molar-refractivity contribution in [3.05, 3.63) is 65.7 Å². The molecule has 7 nitrogen and oxygen atoms in total. The topological polar surface area (TPSA) is 83.9 Å². The Morgan fingerprint density at radius 2 is 2.03 bits per heavy atom. The number of pyridine rings is 2. The van der Waals surface area contributed by atoms with E-state index in [4.69, 9.17) is 0 Å². The number of aryl methyl sites for hydroxylation is 2. The molecule has 7 heteroatoms. The van der Waals surface area contributed by atoms with Crippen molar-refractivity contribution in [3.8, 4) is 11.3 Å². The third kappa shape index (κ3) is 4.13. The molecule has 1 saturated carbocycles. The van der Waals surface area contributed by atoms with E-state index in [1.807, 2.05) is 61.3 Å². The lowest BCUT2D eigenvalue weighted by Gasteiger charge is -2.36. The quantitative estimate of drug-likeness (QED) is 0.688. The largest absolute Gasteiger partial charge is 0.368 e. The first-order chi connectivity index (χ1) is 15.1. The van der Waals surface area contributed by atoms with Gasteiger partial charge < -0.3 is 10.2 Å². The third-order valence-corrected chi connectivity index (χ3v) is 6.29. The first-order valence-electron chi connectivity index (χ1n) is 10.8. The Labute approximate surface area is 182 Å². The summed E-state index contributed by atoms with van der Waals surface area (Å²) in [5.74, 6) is 2.15. The van der Waals surface area contributed by atoms with E-state index in [1.54, 1.807) is 6.20 Å². The summed E-state index contributed by atoms with van der Waals surface area (Å²) in [5, 5.41) is 11.6. The van der Waals surface area contributed by atoms with Gasteiger partial charge in [0.25, 0.3) is 5.91 Å². The van der Waals surface area contributed by atoms with E-state index in [2.05, 4.69) is 25.5 Å². The highest BCUT2D eigenvalue weighted by atomic mass is 16.2. The Morgan fingerprint density at radius 1 is 1.13 bits per heavy atom. The lowest BCUT2D eigenvalue weighted by Crippen LogP contribution is -2.48. The van der Waals surface area contributed by atoms with Gasteiger partial charge in [0.2, 0.25) is 0 Å². The second-order valence-corrected chi connectivity index (χ2v) is 8.66. The maximum atomic E-state index is 13.7. The van der Waals surface area contributed by atoms with Crippen LogP contribution in [-0.4, -0.2) is 50.1 Å². The van der Waals surface area contributed by atoms with E-state index in [0.29, 0.717) is 23.9 Å². The Hall–Kier alpha value is -3.35. The molecule has 0 aromatic carbocycles. The van der Waals surface area contributed by atoms with Crippen molar-refractivity contribution in [2.75, 3.05) is 18.4 Å². The molecule has 4 heterocycles. The van der Waals surface area contributed by atoms with Crippen molar-refractivity contribution in [1.82, 2.24) is 25.1 Å². The molecule has 2 aliphatic rings. The van der Waals surface area contributed by atoms with Crippen molar-refractivity contribution >= 4 is 11.7 Å². The van der Waals surface area contributed by atoms with Gasteiger partial charge >= 0.3 is 0 Å². The van der Waals surface area contributed by atoms with Gasteiger partial charge in [-0.25, -0.2) is 9.97 Å². The summed E-state index contributed by atoms with van der Waals surface area (Å²) in [4.78, 5) is 24.8. The number of hydrogen-bond acceptors (Lipinski definition) is 6. The van der Waals surface area contributed by atoms with E-state index >= 15 is 0 Å². The summed E-state index contributed by atoms with van der Waals surface area (Å²) in [5.41, 5.74) is 3.79. The van der Waals surface area contributed by atoms with Crippen molar-refractivity contribution in [3.63, 3.8) is 0 Å². The van der Waals surface area contributed by atoms with Crippen LogP contribution in [0.3, 0.4) is 0 Å². The smallest absolute Gasteiger partial charge is 0.273 e. The van der Waals surface area contributed by atoms with Crippen molar-refractivity contribution < 1.29 is 4.79 Å². The Bertz CT molecular complexity index is 1080. The van der Waals surface area contributed by atoms with E-state index in [9.17, 15) is 4.79 Å². The van der Waals surface area contributed by atoms with E-state index < -0.39 is 0 Å². The first-order valence-corrected chi connectivity index (χ1v) is 10.8. The highest BCUT2D eigenvalue weighted by Crippen LogP contribution is 2.47. The third-order valence-electron chi connectivity index (χ3n) is 6.29. The highest BCUT2D eigenvalue weighted by molar-refractivity contribution is 5.99. The van der Waals surface area contributed by atoms with Gasteiger partial charge in [0.1, 0.15) is 11.5 Å². The number of piperidine rings is 1. The van der Waals surface area contributed by atoms with Crippen LogP contribution in [-0.2, 0) is 0 Å². The van der Waals surface area contributed by atoms with E-state index in [-0.39, 0.29) is 11.9 Å². The van der Waals surface area contributed by atoms with Crippen LogP contribution >= 0.6 is 0 Å². The second kappa shape index (κ2) is 8.06. The summed E-state index contributed by atoms with van der Waals surface area (Å²) >= 11 is 0. The zero-order valence-corrected chi connectivity index (χ0v) is 17.8. The Balaban J connectivity index is 1.41. The summed E-state index contributed by atoms with van der Waals surface area (Å²) in [6, 6.07) is 11.7. The molecule has 1 N–H and O–H groups in total. The molecule has 2 fully saturated rings. The minimum atomic E-state index is -0.0293. The van der Waals surface area contributed by atoms with Crippen LogP contribution in [0.5, 0.6) is 0 Å². The van der Waals surface area contributed by atoms with Crippen molar-refractivity contribution in [2.45, 2.75) is 32.7 Å². The molecule has 3 atom stereocenters. The molecule has 3 aromatic heterocycles. The number of fused-ring (bicyclic) bond motifs is 1. The number of nitrogens with one attached hydrogen (secondary N) is 1. The number of amides is 1. The number of rotatable bonds is 5. The molecule has 1 amide bonds. The molecule has 0 spiro atoms. The molecule has 1 aliphatic carbocycles. The predicted octanol–water partition coefficient (Wildman–Crippen LogP) is 3.51. The number of likely N-dealkylation sites (tertiary alicyclic amines) is 1. The normalized spacial score (nSPS) is 22.0. The molecule has 3 unspecified atom stereocenters.